The van der Waals surface area contributed by atoms with Gasteiger partial charge >= 0.3 is 0 Å². The molecule has 0 radical (unpaired) electrons. The number of aromatic nitrogens is 4. The van der Waals surface area contributed by atoms with Gasteiger partial charge in [-0.15, -0.1) is 10.2 Å². The van der Waals surface area contributed by atoms with E-state index < -0.39 is 0 Å². The summed E-state index contributed by atoms with van der Waals surface area (Å²) in [6.07, 6.45) is 8.33. The quantitative estimate of drug-likeness (QED) is 0.574. The fourth-order valence-electron chi connectivity index (χ4n) is 4.56. The van der Waals surface area contributed by atoms with Gasteiger partial charge in [0, 0.05) is 44.8 Å². The molecule has 3 aromatic rings. The molecule has 1 fully saturated rings. The Labute approximate surface area is 200 Å². The molecule has 0 bridgehead atoms. The number of nitrogens with one attached hydrogen (secondary N) is 1. The van der Waals surface area contributed by atoms with Crippen molar-refractivity contribution < 1.29 is 4.79 Å². The highest BCUT2D eigenvalue weighted by molar-refractivity contribution is 5.91. The molecule has 1 saturated heterocycles. The summed E-state index contributed by atoms with van der Waals surface area (Å²) in [5.74, 6) is 0.450. The van der Waals surface area contributed by atoms with Gasteiger partial charge in [0.2, 0.25) is 5.91 Å². The van der Waals surface area contributed by atoms with E-state index in [9.17, 15) is 4.79 Å². The molecule has 34 heavy (non-hydrogen) atoms. The second kappa shape index (κ2) is 10.3. The van der Waals surface area contributed by atoms with E-state index in [1.54, 1.807) is 10.6 Å². The third kappa shape index (κ3) is 5.40. The first-order valence-electron chi connectivity index (χ1n) is 12.0. The maximum atomic E-state index is 12.6. The minimum absolute atomic E-state index is 0.104. The van der Waals surface area contributed by atoms with Gasteiger partial charge in [0.05, 0.1) is 5.69 Å². The predicted molar refractivity (Wildman–Crippen MR) is 133 cm³/mol. The van der Waals surface area contributed by atoms with E-state index in [0.29, 0.717) is 11.5 Å². The molecule has 0 aliphatic carbocycles. The fourth-order valence-corrected chi connectivity index (χ4v) is 4.56. The SMILES string of the molecule is CN1CC=C(c2ccc3nnc(C=CC(=O)NC4CCN(Cc5ccccc5)CC4)n3n2)CC1. The Bertz CT molecular complexity index is 1190. The molecule has 4 heterocycles. The van der Waals surface area contributed by atoms with Crippen LogP contribution < -0.4 is 5.32 Å². The topological polar surface area (TPSA) is 78.7 Å². The van der Waals surface area contributed by atoms with Crippen LogP contribution in [0.25, 0.3) is 17.3 Å². The number of fused-ring (bicyclic) bond motifs is 1. The van der Waals surface area contributed by atoms with Crippen LogP contribution in [0.2, 0.25) is 0 Å². The number of carbonyl (C=O) groups is 1. The first-order chi connectivity index (χ1) is 16.6. The molecule has 2 aliphatic rings. The van der Waals surface area contributed by atoms with Gasteiger partial charge in [-0.05, 0) is 55.7 Å². The first kappa shape index (κ1) is 22.4. The lowest BCUT2D eigenvalue weighted by Gasteiger charge is -2.32. The molecule has 0 saturated carbocycles. The first-order valence-corrected chi connectivity index (χ1v) is 12.0. The lowest BCUT2D eigenvalue weighted by molar-refractivity contribution is -0.117. The normalized spacial score (nSPS) is 18.4. The second-order valence-electron chi connectivity index (χ2n) is 9.17. The standard InChI is InChI=1S/C26H31N7O/c1-31-15-11-21(12-16-31)23-7-8-24-28-29-25(33(24)30-23)9-10-26(34)27-22-13-17-32(18-14-22)19-20-5-3-2-4-6-20/h2-11,22H,12-19H2,1H3,(H,27,34). The number of likely N-dealkylation sites (N-methyl/N-ethyl adjacent to an activating group) is 1. The summed E-state index contributed by atoms with van der Waals surface area (Å²) in [6.45, 7) is 4.87. The Morgan fingerprint density at radius 2 is 1.91 bits per heavy atom. The van der Waals surface area contributed by atoms with Crippen molar-refractivity contribution in [1.82, 2.24) is 34.9 Å². The molecule has 1 N–H and O–H groups in total. The van der Waals surface area contributed by atoms with Gasteiger partial charge in [0.15, 0.2) is 11.5 Å². The Morgan fingerprint density at radius 1 is 1.09 bits per heavy atom. The van der Waals surface area contributed by atoms with E-state index in [1.807, 2.05) is 18.2 Å². The average Bonchev–Trinajstić information content (AvgIpc) is 3.27. The van der Waals surface area contributed by atoms with Gasteiger partial charge in [0.25, 0.3) is 0 Å². The minimum atomic E-state index is -0.104. The van der Waals surface area contributed by atoms with Crippen LogP contribution in [-0.2, 0) is 11.3 Å². The number of benzene rings is 1. The summed E-state index contributed by atoms with van der Waals surface area (Å²) in [5.41, 5.74) is 4.17. The largest absolute Gasteiger partial charge is 0.350 e. The van der Waals surface area contributed by atoms with Crippen LogP contribution in [0.4, 0.5) is 0 Å². The number of hydrogen-bond acceptors (Lipinski definition) is 6. The van der Waals surface area contributed by atoms with Crippen LogP contribution >= 0.6 is 0 Å². The number of amides is 1. The molecule has 176 valence electrons. The van der Waals surface area contributed by atoms with Gasteiger partial charge in [-0.3, -0.25) is 9.69 Å². The molecule has 1 amide bonds. The van der Waals surface area contributed by atoms with Crippen molar-refractivity contribution in [3.05, 3.63) is 71.7 Å². The Morgan fingerprint density at radius 3 is 2.68 bits per heavy atom. The molecule has 2 aliphatic heterocycles. The maximum absolute atomic E-state index is 12.6. The lowest BCUT2D eigenvalue weighted by Crippen LogP contribution is -2.43. The fraction of sp³-hybridized carbons (Fsp3) is 0.385. The van der Waals surface area contributed by atoms with Crippen LogP contribution in [-0.4, -0.2) is 74.8 Å². The molecular weight excluding hydrogens is 426 g/mol. The smallest absolute Gasteiger partial charge is 0.244 e. The van der Waals surface area contributed by atoms with Crippen molar-refractivity contribution in [2.24, 2.45) is 0 Å². The highest BCUT2D eigenvalue weighted by Crippen LogP contribution is 2.20. The number of likely N-dealkylation sites (tertiary alicyclic amines) is 1. The summed E-state index contributed by atoms with van der Waals surface area (Å²) in [5, 5.41) is 16.3. The molecule has 5 rings (SSSR count). The molecule has 0 spiro atoms. The predicted octanol–water partition coefficient (Wildman–Crippen LogP) is 2.64. The summed E-state index contributed by atoms with van der Waals surface area (Å²) in [4.78, 5) is 17.3. The van der Waals surface area contributed by atoms with Gasteiger partial charge in [0.1, 0.15) is 0 Å². The number of hydrogen-bond donors (Lipinski definition) is 1. The van der Waals surface area contributed by atoms with E-state index >= 15 is 0 Å². The third-order valence-electron chi connectivity index (χ3n) is 6.59. The second-order valence-corrected chi connectivity index (χ2v) is 9.17. The third-order valence-corrected chi connectivity index (χ3v) is 6.59. The zero-order valence-electron chi connectivity index (χ0n) is 19.6. The van der Waals surface area contributed by atoms with E-state index in [2.05, 4.69) is 62.7 Å². The highest BCUT2D eigenvalue weighted by Gasteiger charge is 2.20. The number of rotatable bonds is 6. The summed E-state index contributed by atoms with van der Waals surface area (Å²) in [6, 6.07) is 14.6. The zero-order chi connectivity index (χ0) is 23.3. The van der Waals surface area contributed by atoms with E-state index in [-0.39, 0.29) is 11.9 Å². The van der Waals surface area contributed by atoms with Gasteiger partial charge in [-0.1, -0.05) is 36.4 Å². The van der Waals surface area contributed by atoms with Gasteiger partial charge < -0.3 is 10.2 Å². The van der Waals surface area contributed by atoms with Gasteiger partial charge in [-0.2, -0.15) is 9.61 Å². The number of nitrogens with zero attached hydrogens (tertiary/aromatic N) is 6. The van der Waals surface area contributed by atoms with Crippen molar-refractivity contribution in [3.63, 3.8) is 0 Å². The van der Waals surface area contributed by atoms with Crippen LogP contribution in [0, 0.1) is 0 Å². The van der Waals surface area contributed by atoms with Crippen LogP contribution in [0.3, 0.4) is 0 Å². The zero-order valence-corrected chi connectivity index (χ0v) is 19.6. The van der Waals surface area contributed by atoms with Crippen molar-refractivity contribution in [1.29, 1.82) is 0 Å². The van der Waals surface area contributed by atoms with Crippen molar-refractivity contribution in [3.8, 4) is 0 Å². The Hall–Kier alpha value is -3.36. The Balaban J connectivity index is 1.17. The van der Waals surface area contributed by atoms with Crippen molar-refractivity contribution >= 4 is 23.2 Å². The molecule has 8 heteroatoms. The van der Waals surface area contributed by atoms with Crippen molar-refractivity contribution in [2.45, 2.75) is 31.8 Å². The number of carbonyl (C=O) groups excluding carboxylic acids is 1. The van der Waals surface area contributed by atoms with E-state index in [1.165, 1.54) is 17.2 Å². The Kier molecular flexibility index (Phi) is 6.78. The number of piperidine rings is 1. The molecule has 0 unspecified atom stereocenters. The van der Waals surface area contributed by atoms with E-state index in [4.69, 9.17) is 5.10 Å². The molecule has 0 atom stereocenters. The van der Waals surface area contributed by atoms with Gasteiger partial charge in [-0.25, -0.2) is 0 Å². The van der Waals surface area contributed by atoms with Crippen LogP contribution in [0.1, 0.15) is 36.3 Å². The molecular formula is C26H31N7O. The highest BCUT2D eigenvalue weighted by atomic mass is 16.1. The average molecular weight is 458 g/mol. The molecule has 1 aromatic carbocycles. The maximum Gasteiger partial charge on any atom is 0.244 e. The van der Waals surface area contributed by atoms with Crippen LogP contribution in [0.15, 0.2) is 54.6 Å². The lowest BCUT2D eigenvalue weighted by atomic mass is 10.0. The summed E-state index contributed by atoms with van der Waals surface area (Å²) < 4.78 is 1.71. The summed E-state index contributed by atoms with van der Waals surface area (Å²) >= 11 is 0. The molecule has 8 nitrogen and oxygen atoms in total. The molecule has 2 aromatic heterocycles. The summed E-state index contributed by atoms with van der Waals surface area (Å²) in [7, 11) is 2.12. The van der Waals surface area contributed by atoms with E-state index in [0.717, 1.165) is 57.7 Å². The monoisotopic (exact) mass is 457 g/mol. The minimum Gasteiger partial charge on any atom is -0.350 e. The van der Waals surface area contributed by atoms with Crippen LogP contribution in [0.5, 0.6) is 0 Å². The van der Waals surface area contributed by atoms with Crippen molar-refractivity contribution in [2.75, 3.05) is 33.2 Å².